The molecule has 2 rings (SSSR count). The van der Waals surface area contributed by atoms with Crippen LogP contribution >= 0.6 is 0 Å². The fourth-order valence-electron chi connectivity index (χ4n) is 3.27. The Balaban J connectivity index is 2.05. The molecule has 2 aromatic rings. The van der Waals surface area contributed by atoms with Gasteiger partial charge in [0.15, 0.2) is 0 Å². The van der Waals surface area contributed by atoms with Crippen molar-refractivity contribution < 1.29 is 22.9 Å². The lowest BCUT2D eigenvalue weighted by Crippen LogP contribution is -2.48. The number of hydrogen-bond donors (Lipinski definition) is 1. The monoisotopic (exact) mass is 477 g/mol. The van der Waals surface area contributed by atoms with E-state index in [-0.39, 0.29) is 29.9 Å². The van der Waals surface area contributed by atoms with E-state index in [4.69, 9.17) is 4.74 Å². The van der Waals surface area contributed by atoms with Gasteiger partial charge in [0.25, 0.3) is 5.69 Å². The van der Waals surface area contributed by atoms with Crippen LogP contribution in [0, 0.1) is 17.0 Å². The number of rotatable bonds is 9. The molecule has 0 bridgehead atoms. The number of nitrogens with zero attached hydrogens (tertiary/aromatic N) is 2. The van der Waals surface area contributed by atoms with E-state index in [1.165, 1.54) is 24.6 Å². The highest BCUT2D eigenvalue weighted by Crippen LogP contribution is 2.29. The van der Waals surface area contributed by atoms with Gasteiger partial charge in [-0.3, -0.25) is 19.2 Å². The molecule has 10 heteroatoms. The predicted octanol–water partition coefficient (Wildman–Crippen LogP) is 3.55. The molecule has 180 valence electrons. The van der Waals surface area contributed by atoms with Crippen LogP contribution in [0.5, 0.6) is 5.75 Å². The largest absolute Gasteiger partial charge is 0.492 e. The average Bonchev–Trinajstić information content (AvgIpc) is 2.71. The van der Waals surface area contributed by atoms with Crippen LogP contribution in [0.4, 0.5) is 11.4 Å². The van der Waals surface area contributed by atoms with Crippen molar-refractivity contribution in [3.63, 3.8) is 0 Å². The van der Waals surface area contributed by atoms with E-state index in [2.05, 4.69) is 26.1 Å². The van der Waals surface area contributed by atoms with Crippen LogP contribution < -0.4 is 14.4 Å². The van der Waals surface area contributed by atoms with Gasteiger partial charge in [-0.1, -0.05) is 39.0 Å². The summed E-state index contributed by atoms with van der Waals surface area (Å²) in [5, 5.41) is 13.8. The van der Waals surface area contributed by atoms with Gasteiger partial charge in [-0.15, -0.1) is 0 Å². The number of aryl methyl sites for hydroxylation is 1. The van der Waals surface area contributed by atoms with Gasteiger partial charge in [0.2, 0.25) is 15.9 Å². The van der Waals surface area contributed by atoms with E-state index in [1.54, 1.807) is 6.92 Å². The van der Waals surface area contributed by atoms with Gasteiger partial charge in [-0.2, -0.15) is 0 Å². The van der Waals surface area contributed by atoms with Gasteiger partial charge >= 0.3 is 0 Å². The summed E-state index contributed by atoms with van der Waals surface area (Å²) in [4.78, 5) is 23.2. The zero-order valence-corrected chi connectivity index (χ0v) is 20.6. The number of amides is 1. The first-order valence-electron chi connectivity index (χ1n) is 10.5. The van der Waals surface area contributed by atoms with E-state index >= 15 is 0 Å². The number of ether oxygens (including phenoxy) is 1. The van der Waals surface area contributed by atoms with Gasteiger partial charge in [0.05, 0.1) is 23.4 Å². The minimum atomic E-state index is -3.90. The fourth-order valence-corrected chi connectivity index (χ4v) is 4.50. The fraction of sp³-hybridized carbons (Fsp3) is 0.435. The Kier molecular flexibility index (Phi) is 8.07. The first-order chi connectivity index (χ1) is 15.2. The molecule has 9 nitrogen and oxygen atoms in total. The van der Waals surface area contributed by atoms with Gasteiger partial charge in [0.1, 0.15) is 18.4 Å². The summed E-state index contributed by atoms with van der Waals surface area (Å²) in [6, 6.07) is 10.5. The Bertz CT molecular complexity index is 1110. The molecule has 0 saturated heterocycles. The number of nitrogens with one attached hydrogen (secondary N) is 1. The third kappa shape index (κ3) is 6.92. The molecule has 0 radical (unpaired) electrons. The van der Waals surface area contributed by atoms with E-state index in [0.29, 0.717) is 11.3 Å². The minimum Gasteiger partial charge on any atom is -0.492 e. The zero-order valence-electron chi connectivity index (χ0n) is 19.8. The molecule has 0 aliphatic heterocycles. The van der Waals surface area contributed by atoms with E-state index in [0.717, 1.165) is 16.6 Å². The third-order valence-corrected chi connectivity index (χ3v) is 6.35. The van der Waals surface area contributed by atoms with E-state index < -0.39 is 26.9 Å². The summed E-state index contributed by atoms with van der Waals surface area (Å²) >= 11 is 0. The molecule has 0 aliphatic carbocycles. The number of nitro benzene ring substituents is 1. The van der Waals surface area contributed by atoms with Gasteiger partial charge < -0.3 is 10.1 Å². The zero-order chi connectivity index (χ0) is 25.0. The van der Waals surface area contributed by atoms with Crippen molar-refractivity contribution in [2.75, 3.05) is 23.7 Å². The molecule has 0 aromatic heterocycles. The molecule has 0 heterocycles. The standard InChI is InChI=1S/C23H31N3O6S/c1-16-7-10-19(26(28)29)15-21(16)25(33(6,30)31)17(2)22(27)24-13-14-32-20-11-8-18(9-12-20)23(3,4)5/h7-12,15,17H,13-14H2,1-6H3,(H,24,27). The van der Waals surface area contributed by atoms with Gasteiger partial charge in [0, 0.05) is 12.1 Å². The summed E-state index contributed by atoms with van der Waals surface area (Å²) in [5.74, 6) is 0.119. The summed E-state index contributed by atoms with van der Waals surface area (Å²) in [6.07, 6.45) is 0.958. The van der Waals surface area contributed by atoms with Crippen molar-refractivity contribution in [1.82, 2.24) is 5.32 Å². The summed E-state index contributed by atoms with van der Waals surface area (Å²) in [5.41, 5.74) is 1.53. The van der Waals surface area contributed by atoms with E-state index in [1.807, 2.05) is 24.3 Å². The van der Waals surface area contributed by atoms with Gasteiger partial charge in [-0.25, -0.2) is 8.42 Å². The van der Waals surface area contributed by atoms with Crippen molar-refractivity contribution in [2.24, 2.45) is 0 Å². The molecule has 0 fully saturated rings. The summed E-state index contributed by atoms with van der Waals surface area (Å²) in [6.45, 7) is 9.77. The van der Waals surface area contributed by atoms with E-state index in [9.17, 15) is 23.3 Å². The van der Waals surface area contributed by atoms with Crippen molar-refractivity contribution in [3.8, 4) is 5.75 Å². The second-order valence-corrected chi connectivity index (χ2v) is 10.7. The molecule has 1 amide bonds. The average molecular weight is 478 g/mol. The first-order valence-corrected chi connectivity index (χ1v) is 12.3. The van der Waals surface area contributed by atoms with Crippen LogP contribution in [0.1, 0.15) is 38.8 Å². The number of carbonyl (C=O) groups is 1. The molecule has 1 atom stereocenters. The maximum absolute atomic E-state index is 12.7. The molecular weight excluding hydrogens is 446 g/mol. The number of non-ortho nitro benzene ring substituents is 1. The number of benzene rings is 2. The molecule has 1 N–H and O–H groups in total. The van der Waals surface area contributed by atoms with Crippen LogP contribution in [0.2, 0.25) is 0 Å². The summed E-state index contributed by atoms with van der Waals surface area (Å²) < 4.78 is 31.5. The maximum Gasteiger partial charge on any atom is 0.271 e. The lowest BCUT2D eigenvalue weighted by molar-refractivity contribution is -0.384. The second-order valence-electron chi connectivity index (χ2n) is 8.88. The van der Waals surface area contributed by atoms with Crippen LogP contribution in [0.15, 0.2) is 42.5 Å². The minimum absolute atomic E-state index is 0.0334. The van der Waals surface area contributed by atoms with Crippen molar-refractivity contribution in [1.29, 1.82) is 0 Å². The number of nitro groups is 1. The number of sulfonamides is 1. The first kappa shape index (κ1) is 26.1. The SMILES string of the molecule is Cc1ccc([N+](=O)[O-])cc1N(C(C)C(=O)NCCOc1ccc(C(C)(C)C)cc1)S(C)(=O)=O. The van der Waals surface area contributed by atoms with Crippen LogP contribution in [0.25, 0.3) is 0 Å². The molecule has 33 heavy (non-hydrogen) atoms. The van der Waals surface area contributed by atoms with Crippen LogP contribution in [0.3, 0.4) is 0 Å². The Morgan fingerprint density at radius 1 is 1.18 bits per heavy atom. The molecule has 1 unspecified atom stereocenters. The van der Waals surface area contributed by atoms with Crippen LogP contribution in [-0.4, -0.2) is 44.7 Å². The Morgan fingerprint density at radius 2 is 1.79 bits per heavy atom. The highest BCUT2D eigenvalue weighted by Gasteiger charge is 2.31. The predicted molar refractivity (Wildman–Crippen MR) is 128 cm³/mol. The molecule has 2 aromatic carbocycles. The second kappa shape index (κ2) is 10.2. The third-order valence-electron chi connectivity index (χ3n) is 5.12. The van der Waals surface area contributed by atoms with Crippen molar-refractivity contribution in [3.05, 3.63) is 63.7 Å². The molecule has 0 saturated carbocycles. The molecular formula is C23H31N3O6S. The lowest BCUT2D eigenvalue weighted by Gasteiger charge is -2.29. The Labute approximate surface area is 195 Å². The number of anilines is 1. The number of hydrogen-bond acceptors (Lipinski definition) is 6. The quantitative estimate of drug-likeness (QED) is 0.335. The highest BCUT2D eigenvalue weighted by molar-refractivity contribution is 7.92. The van der Waals surface area contributed by atoms with Gasteiger partial charge in [-0.05, 0) is 42.5 Å². The molecule has 0 aliphatic rings. The number of carbonyl (C=O) groups excluding carboxylic acids is 1. The maximum atomic E-state index is 12.7. The Hall–Kier alpha value is -3.14. The van der Waals surface area contributed by atoms with Crippen LogP contribution in [-0.2, 0) is 20.2 Å². The molecule has 0 spiro atoms. The summed E-state index contributed by atoms with van der Waals surface area (Å²) in [7, 11) is -3.90. The smallest absolute Gasteiger partial charge is 0.271 e. The van der Waals surface area contributed by atoms with Crippen molar-refractivity contribution >= 4 is 27.3 Å². The lowest BCUT2D eigenvalue weighted by atomic mass is 9.87. The Morgan fingerprint density at radius 3 is 2.30 bits per heavy atom. The topological polar surface area (TPSA) is 119 Å². The normalized spacial score (nSPS) is 12.7. The van der Waals surface area contributed by atoms with Crippen molar-refractivity contribution in [2.45, 2.75) is 46.1 Å². The highest BCUT2D eigenvalue weighted by atomic mass is 32.2.